The van der Waals surface area contributed by atoms with E-state index >= 15 is 0 Å². The Bertz CT molecular complexity index is 623. The Kier molecular flexibility index (Phi) is 1.96. The Morgan fingerprint density at radius 2 is 1.81 bits per heavy atom. The zero-order chi connectivity index (χ0) is 11.0. The molecule has 0 spiro atoms. The van der Waals surface area contributed by atoms with Gasteiger partial charge in [-0.05, 0) is 19.1 Å². The average Bonchev–Trinajstić information content (AvgIpc) is 2.74. The molecule has 0 aliphatic carbocycles. The fourth-order valence-corrected chi connectivity index (χ4v) is 1.76. The molecule has 2 heterocycles. The standard InChI is InChI=1S/C13H11N3/c1-10-5-7-11(8-6-10)13-12-4-2-3-9-16(12)15-14-13/h2-9H,1H3. The first-order chi connectivity index (χ1) is 7.84. The quantitative estimate of drug-likeness (QED) is 0.616. The zero-order valence-corrected chi connectivity index (χ0v) is 8.96. The van der Waals surface area contributed by atoms with Crippen molar-refractivity contribution in [2.75, 3.05) is 0 Å². The highest BCUT2D eigenvalue weighted by atomic mass is 15.4. The third-order valence-electron chi connectivity index (χ3n) is 2.65. The molecule has 3 rings (SSSR count). The second-order valence-electron chi connectivity index (χ2n) is 3.83. The highest BCUT2D eigenvalue weighted by molar-refractivity contribution is 5.76. The lowest BCUT2D eigenvalue weighted by Crippen LogP contribution is -1.83. The van der Waals surface area contributed by atoms with E-state index in [1.165, 1.54) is 5.56 Å². The van der Waals surface area contributed by atoms with E-state index in [-0.39, 0.29) is 0 Å². The molecule has 3 aromatic rings. The van der Waals surface area contributed by atoms with Crippen LogP contribution in [-0.2, 0) is 0 Å². The summed E-state index contributed by atoms with van der Waals surface area (Å²) in [5.74, 6) is 0. The molecule has 0 aliphatic heterocycles. The summed E-state index contributed by atoms with van der Waals surface area (Å²) in [5, 5.41) is 8.29. The lowest BCUT2D eigenvalue weighted by atomic mass is 10.1. The average molecular weight is 209 g/mol. The van der Waals surface area contributed by atoms with Crippen molar-refractivity contribution >= 4 is 5.52 Å². The van der Waals surface area contributed by atoms with Gasteiger partial charge in [0.25, 0.3) is 0 Å². The van der Waals surface area contributed by atoms with E-state index in [1.807, 2.05) is 24.4 Å². The maximum absolute atomic E-state index is 4.21. The van der Waals surface area contributed by atoms with Gasteiger partial charge in [0.15, 0.2) is 0 Å². The highest BCUT2D eigenvalue weighted by Crippen LogP contribution is 2.21. The summed E-state index contributed by atoms with van der Waals surface area (Å²) in [5.41, 5.74) is 4.32. The van der Waals surface area contributed by atoms with Crippen LogP contribution in [0.2, 0.25) is 0 Å². The lowest BCUT2D eigenvalue weighted by molar-refractivity contribution is 0.857. The van der Waals surface area contributed by atoms with Crippen molar-refractivity contribution in [2.45, 2.75) is 6.92 Å². The van der Waals surface area contributed by atoms with Crippen LogP contribution in [0.15, 0.2) is 48.7 Å². The molecule has 3 nitrogen and oxygen atoms in total. The summed E-state index contributed by atoms with van der Waals surface area (Å²) in [6, 6.07) is 14.3. The largest absolute Gasteiger partial charge is 0.220 e. The third-order valence-corrected chi connectivity index (χ3v) is 2.65. The van der Waals surface area contributed by atoms with Crippen LogP contribution in [0.25, 0.3) is 16.8 Å². The molecule has 0 unspecified atom stereocenters. The number of aryl methyl sites for hydroxylation is 1. The number of aromatic nitrogens is 3. The molecule has 1 aromatic carbocycles. The van der Waals surface area contributed by atoms with Crippen molar-refractivity contribution in [2.24, 2.45) is 0 Å². The van der Waals surface area contributed by atoms with Crippen LogP contribution in [-0.4, -0.2) is 14.8 Å². The smallest absolute Gasteiger partial charge is 0.120 e. The van der Waals surface area contributed by atoms with Crippen molar-refractivity contribution in [3.05, 3.63) is 54.2 Å². The molecule has 2 aromatic heterocycles. The molecule has 0 fully saturated rings. The molecule has 0 radical (unpaired) electrons. The third kappa shape index (κ3) is 1.37. The van der Waals surface area contributed by atoms with Crippen LogP contribution >= 0.6 is 0 Å². The van der Waals surface area contributed by atoms with Crippen molar-refractivity contribution in [3.8, 4) is 11.3 Å². The van der Waals surface area contributed by atoms with Gasteiger partial charge in [0.1, 0.15) is 5.69 Å². The van der Waals surface area contributed by atoms with E-state index in [0.29, 0.717) is 0 Å². The minimum atomic E-state index is 0.931. The monoisotopic (exact) mass is 209 g/mol. The fraction of sp³-hybridized carbons (Fsp3) is 0.0769. The van der Waals surface area contributed by atoms with E-state index in [0.717, 1.165) is 16.8 Å². The van der Waals surface area contributed by atoms with Gasteiger partial charge in [-0.25, -0.2) is 4.52 Å². The number of hydrogen-bond donors (Lipinski definition) is 0. The Balaban J connectivity index is 2.22. The molecule has 78 valence electrons. The highest BCUT2D eigenvalue weighted by Gasteiger charge is 2.06. The number of pyridine rings is 1. The summed E-state index contributed by atoms with van der Waals surface area (Å²) in [6.07, 6.45) is 1.90. The summed E-state index contributed by atoms with van der Waals surface area (Å²) < 4.78 is 1.79. The van der Waals surface area contributed by atoms with Crippen LogP contribution in [0.4, 0.5) is 0 Å². The predicted molar refractivity (Wildman–Crippen MR) is 63.2 cm³/mol. The number of hydrogen-bond acceptors (Lipinski definition) is 2. The number of benzene rings is 1. The van der Waals surface area contributed by atoms with Crippen molar-refractivity contribution in [1.82, 2.24) is 14.8 Å². The maximum Gasteiger partial charge on any atom is 0.120 e. The molecule has 0 bridgehead atoms. The minimum absolute atomic E-state index is 0.931. The minimum Gasteiger partial charge on any atom is -0.220 e. The Labute approximate surface area is 93.3 Å². The number of nitrogens with zero attached hydrogens (tertiary/aromatic N) is 3. The van der Waals surface area contributed by atoms with E-state index < -0.39 is 0 Å². The molecule has 0 saturated carbocycles. The van der Waals surface area contributed by atoms with Crippen molar-refractivity contribution in [3.63, 3.8) is 0 Å². The summed E-state index contributed by atoms with van der Waals surface area (Å²) in [7, 11) is 0. The molecule has 0 saturated heterocycles. The molecule has 0 N–H and O–H groups in total. The van der Waals surface area contributed by atoms with Gasteiger partial charge in [0.05, 0.1) is 5.52 Å². The Hall–Kier alpha value is -2.16. The topological polar surface area (TPSA) is 30.2 Å². The van der Waals surface area contributed by atoms with Crippen LogP contribution in [0.3, 0.4) is 0 Å². The summed E-state index contributed by atoms with van der Waals surface area (Å²) >= 11 is 0. The van der Waals surface area contributed by atoms with Crippen molar-refractivity contribution in [1.29, 1.82) is 0 Å². The fourth-order valence-electron chi connectivity index (χ4n) is 1.76. The maximum atomic E-state index is 4.21. The van der Waals surface area contributed by atoms with E-state index in [4.69, 9.17) is 0 Å². The van der Waals surface area contributed by atoms with E-state index in [1.54, 1.807) is 4.52 Å². The van der Waals surface area contributed by atoms with E-state index in [9.17, 15) is 0 Å². The van der Waals surface area contributed by atoms with E-state index in [2.05, 4.69) is 41.5 Å². The van der Waals surface area contributed by atoms with Crippen LogP contribution in [0.1, 0.15) is 5.56 Å². The van der Waals surface area contributed by atoms with Gasteiger partial charge >= 0.3 is 0 Å². The van der Waals surface area contributed by atoms with Gasteiger partial charge in [0.2, 0.25) is 0 Å². The molecule has 0 atom stereocenters. The van der Waals surface area contributed by atoms with Gasteiger partial charge < -0.3 is 0 Å². The summed E-state index contributed by atoms with van der Waals surface area (Å²) in [4.78, 5) is 0. The normalized spacial score (nSPS) is 10.8. The van der Waals surface area contributed by atoms with Crippen molar-refractivity contribution < 1.29 is 0 Å². The summed E-state index contributed by atoms with van der Waals surface area (Å²) in [6.45, 7) is 2.08. The zero-order valence-electron chi connectivity index (χ0n) is 8.96. The molecule has 0 amide bonds. The SMILES string of the molecule is Cc1ccc(-c2nnn3ccccc23)cc1. The molecular formula is C13H11N3. The number of rotatable bonds is 1. The predicted octanol–water partition coefficient (Wildman–Crippen LogP) is 2.70. The van der Waals surface area contributed by atoms with Gasteiger partial charge in [-0.1, -0.05) is 41.1 Å². The van der Waals surface area contributed by atoms with Crippen LogP contribution in [0, 0.1) is 6.92 Å². The van der Waals surface area contributed by atoms with Gasteiger partial charge in [0, 0.05) is 11.8 Å². The molecule has 16 heavy (non-hydrogen) atoms. The first kappa shape index (κ1) is 9.09. The van der Waals surface area contributed by atoms with Gasteiger partial charge in [-0.3, -0.25) is 0 Å². The van der Waals surface area contributed by atoms with Gasteiger partial charge in [-0.2, -0.15) is 0 Å². The number of fused-ring (bicyclic) bond motifs is 1. The molecule has 0 aliphatic rings. The Morgan fingerprint density at radius 1 is 1.00 bits per heavy atom. The molecule has 3 heteroatoms. The van der Waals surface area contributed by atoms with Crippen LogP contribution < -0.4 is 0 Å². The second-order valence-corrected chi connectivity index (χ2v) is 3.83. The molecular weight excluding hydrogens is 198 g/mol. The van der Waals surface area contributed by atoms with Crippen LogP contribution in [0.5, 0.6) is 0 Å². The lowest BCUT2D eigenvalue weighted by Gasteiger charge is -1.98. The first-order valence-corrected chi connectivity index (χ1v) is 5.22. The Morgan fingerprint density at radius 3 is 2.62 bits per heavy atom. The van der Waals surface area contributed by atoms with Gasteiger partial charge in [-0.15, -0.1) is 5.10 Å². The second kappa shape index (κ2) is 3.45. The first-order valence-electron chi connectivity index (χ1n) is 5.22.